The van der Waals surface area contributed by atoms with E-state index in [1.165, 1.54) is 0 Å². The van der Waals surface area contributed by atoms with Gasteiger partial charge in [-0.25, -0.2) is 4.68 Å². The van der Waals surface area contributed by atoms with Gasteiger partial charge in [-0.3, -0.25) is 14.4 Å². The molecule has 0 radical (unpaired) electrons. The summed E-state index contributed by atoms with van der Waals surface area (Å²) < 4.78 is 1.85. The number of amides is 2. The Kier molecular flexibility index (Phi) is 5.63. The monoisotopic (exact) mass is 474 g/mol. The third-order valence-corrected chi connectivity index (χ3v) is 7.20. The van der Waals surface area contributed by atoms with Crippen LogP contribution >= 0.6 is 11.3 Å². The molecule has 1 aromatic carbocycles. The second kappa shape index (κ2) is 8.76. The first-order valence-corrected chi connectivity index (χ1v) is 11.8. The largest absolute Gasteiger partial charge is 0.341 e. The molecule has 1 N–H and O–H groups in total. The van der Waals surface area contributed by atoms with Crippen molar-refractivity contribution >= 4 is 46.3 Å². The topological polar surface area (TPSA) is 111 Å². The number of hydrogen-bond donors (Lipinski definition) is 1. The molecule has 34 heavy (non-hydrogen) atoms. The highest BCUT2D eigenvalue weighted by Gasteiger charge is 2.27. The Labute approximate surface area is 200 Å². The van der Waals surface area contributed by atoms with Crippen LogP contribution in [0.5, 0.6) is 0 Å². The van der Waals surface area contributed by atoms with Gasteiger partial charge in [-0.1, -0.05) is 0 Å². The molecule has 172 valence electrons. The van der Waals surface area contributed by atoms with Crippen molar-refractivity contribution in [1.29, 1.82) is 5.26 Å². The lowest BCUT2D eigenvalue weighted by molar-refractivity contribution is 0.0780. The maximum Gasteiger partial charge on any atom is 0.266 e. The SMILES string of the molecule is CN1CCc2cc(N3CCn4nc(NC(=O)c5ccc(C(=O)CCC#N)s5)cc43)ccc2C1=O. The van der Waals surface area contributed by atoms with Crippen molar-refractivity contribution < 1.29 is 14.4 Å². The summed E-state index contributed by atoms with van der Waals surface area (Å²) in [6.45, 7) is 2.14. The molecule has 2 amide bonds. The van der Waals surface area contributed by atoms with E-state index in [4.69, 9.17) is 5.26 Å². The standard InChI is InChI=1S/C24H22N6O3S/c1-28-10-8-15-13-16(4-5-17(15)24(28)33)29-11-12-30-22(29)14-21(27-30)26-23(32)20-7-6-19(34-20)18(31)3-2-9-25/h4-7,13-14H,2-3,8,10-12H2,1H3,(H,26,27,32). The molecule has 0 aliphatic carbocycles. The molecule has 0 saturated carbocycles. The first-order chi connectivity index (χ1) is 16.4. The van der Waals surface area contributed by atoms with Gasteiger partial charge < -0.3 is 15.1 Å². The van der Waals surface area contributed by atoms with Crippen LogP contribution in [0.2, 0.25) is 0 Å². The zero-order valence-corrected chi connectivity index (χ0v) is 19.4. The van der Waals surface area contributed by atoms with E-state index in [1.807, 2.05) is 36.0 Å². The fraction of sp³-hybridized carbons (Fsp3) is 0.292. The van der Waals surface area contributed by atoms with Gasteiger partial charge in [0.05, 0.1) is 22.4 Å². The Morgan fingerprint density at radius 3 is 2.79 bits per heavy atom. The molecular formula is C24H22N6O3S. The number of thiophene rings is 1. The molecule has 2 aliphatic heterocycles. The minimum absolute atomic E-state index is 0.0489. The molecule has 0 unspecified atom stereocenters. The highest BCUT2D eigenvalue weighted by molar-refractivity contribution is 7.16. The van der Waals surface area contributed by atoms with Crippen LogP contribution in [-0.2, 0) is 13.0 Å². The highest BCUT2D eigenvalue weighted by Crippen LogP contribution is 2.34. The van der Waals surface area contributed by atoms with E-state index in [0.717, 1.165) is 46.9 Å². The first kappa shape index (κ1) is 21.9. The maximum absolute atomic E-state index is 12.7. The van der Waals surface area contributed by atoms with E-state index < -0.39 is 0 Å². The number of aromatic nitrogens is 2. The smallest absolute Gasteiger partial charge is 0.266 e. The van der Waals surface area contributed by atoms with E-state index in [-0.39, 0.29) is 30.4 Å². The molecule has 10 heteroatoms. The number of nitrogens with zero attached hydrogens (tertiary/aromatic N) is 5. The molecule has 0 saturated heterocycles. The summed E-state index contributed by atoms with van der Waals surface area (Å²) in [6, 6.07) is 12.9. The number of Topliss-reactive ketones (excluding diaryl/α,β-unsaturated/α-hetero) is 1. The van der Waals surface area contributed by atoms with Gasteiger partial charge in [0.2, 0.25) is 0 Å². The van der Waals surface area contributed by atoms with Crippen LogP contribution in [0.4, 0.5) is 17.3 Å². The summed E-state index contributed by atoms with van der Waals surface area (Å²) in [5, 5.41) is 16.0. The van der Waals surface area contributed by atoms with Crippen LogP contribution in [0.1, 0.15) is 48.1 Å². The lowest BCUT2D eigenvalue weighted by atomic mass is 9.98. The van der Waals surface area contributed by atoms with E-state index >= 15 is 0 Å². The quantitative estimate of drug-likeness (QED) is 0.548. The third kappa shape index (κ3) is 3.95. The highest BCUT2D eigenvalue weighted by atomic mass is 32.1. The van der Waals surface area contributed by atoms with Crippen molar-refractivity contribution in [2.75, 3.05) is 30.4 Å². The van der Waals surface area contributed by atoms with Crippen molar-refractivity contribution in [1.82, 2.24) is 14.7 Å². The van der Waals surface area contributed by atoms with Gasteiger partial charge >= 0.3 is 0 Å². The molecule has 0 bridgehead atoms. The molecule has 3 aromatic rings. The lowest BCUT2D eigenvalue weighted by Gasteiger charge is -2.26. The zero-order valence-electron chi connectivity index (χ0n) is 18.6. The number of ketones is 1. The van der Waals surface area contributed by atoms with Crippen LogP contribution in [0.15, 0.2) is 36.4 Å². The molecule has 2 aliphatic rings. The van der Waals surface area contributed by atoms with Gasteiger partial charge in [-0.05, 0) is 42.3 Å². The summed E-state index contributed by atoms with van der Waals surface area (Å²) in [4.78, 5) is 41.9. The number of carbonyl (C=O) groups excluding carboxylic acids is 3. The van der Waals surface area contributed by atoms with Gasteiger partial charge in [-0.15, -0.1) is 11.3 Å². The van der Waals surface area contributed by atoms with Crippen molar-refractivity contribution in [3.8, 4) is 6.07 Å². The maximum atomic E-state index is 12.7. The number of rotatable bonds is 6. The van der Waals surface area contributed by atoms with Crippen LogP contribution in [-0.4, -0.2) is 52.4 Å². The van der Waals surface area contributed by atoms with Crippen LogP contribution < -0.4 is 10.2 Å². The molecule has 0 spiro atoms. The summed E-state index contributed by atoms with van der Waals surface area (Å²) in [5.74, 6) is 0.885. The summed E-state index contributed by atoms with van der Waals surface area (Å²) >= 11 is 1.11. The first-order valence-electron chi connectivity index (χ1n) is 11.0. The number of hydrogen-bond acceptors (Lipinski definition) is 7. The third-order valence-electron chi connectivity index (χ3n) is 6.07. The molecule has 0 atom stereocenters. The van der Waals surface area contributed by atoms with Gasteiger partial charge in [0.15, 0.2) is 11.6 Å². The lowest BCUT2D eigenvalue weighted by Crippen LogP contribution is -2.34. The number of anilines is 3. The van der Waals surface area contributed by atoms with Crippen molar-refractivity contribution in [3.05, 3.63) is 57.3 Å². The zero-order chi connectivity index (χ0) is 23.8. The average Bonchev–Trinajstić information content (AvgIpc) is 3.56. The molecule has 2 aromatic heterocycles. The molecule has 5 rings (SSSR count). The van der Waals surface area contributed by atoms with Gasteiger partial charge in [0.1, 0.15) is 5.82 Å². The Hall–Kier alpha value is -3.97. The predicted octanol–water partition coefficient (Wildman–Crippen LogP) is 3.46. The second-order valence-corrected chi connectivity index (χ2v) is 9.36. The number of carbonyl (C=O) groups is 3. The Morgan fingerprint density at radius 1 is 1.15 bits per heavy atom. The van der Waals surface area contributed by atoms with Crippen molar-refractivity contribution in [3.63, 3.8) is 0 Å². The van der Waals surface area contributed by atoms with Crippen LogP contribution in [0.3, 0.4) is 0 Å². The fourth-order valence-corrected chi connectivity index (χ4v) is 5.13. The molecule has 0 fully saturated rings. The summed E-state index contributed by atoms with van der Waals surface area (Å²) in [7, 11) is 1.82. The number of likely N-dealkylation sites (N-methyl/N-ethyl adjacent to an activating group) is 1. The Balaban J connectivity index is 1.31. The number of benzene rings is 1. The number of nitriles is 1. The second-order valence-electron chi connectivity index (χ2n) is 8.28. The van der Waals surface area contributed by atoms with Gasteiger partial charge in [-0.2, -0.15) is 10.4 Å². The van der Waals surface area contributed by atoms with E-state index in [2.05, 4.69) is 21.4 Å². The molecule has 4 heterocycles. The van der Waals surface area contributed by atoms with Gasteiger partial charge in [0.25, 0.3) is 11.8 Å². The molecule has 9 nitrogen and oxygen atoms in total. The van der Waals surface area contributed by atoms with E-state index in [9.17, 15) is 14.4 Å². The molecular weight excluding hydrogens is 452 g/mol. The van der Waals surface area contributed by atoms with Crippen molar-refractivity contribution in [2.24, 2.45) is 0 Å². The number of fused-ring (bicyclic) bond motifs is 2. The van der Waals surface area contributed by atoms with E-state index in [1.54, 1.807) is 17.0 Å². The minimum atomic E-state index is -0.330. The summed E-state index contributed by atoms with van der Waals surface area (Å²) in [6.07, 6.45) is 1.13. The Bertz CT molecular complexity index is 1350. The Morgan fingerprint density at radius 2 is 1.97 bits per heavy atom. The van der Waals surface area contributed by atoms with Crippen LogP contribution in [0, 0.1) is 11.3 Å². The minimum Gasteiger partial charge on any atom is -0.341 e. The predicted molar refractivity (Wildman–Crippen MR) is 128 cm³/mol. The number of nitrogens with one attached hydrogen (secondary N) is 1. The van der Waals surface area contributed by atoms with Crippen molar-refractivity contribution in [2.45, 2.75) is 25.8 Å². The van der Waals surface area contributed by atoms with Gasteiger partial charge in [0, 0.05) is 50.3 Å². The van der Waals surface area contributed by atoms with E-state index in [0.29, 0.717) is 28.7 Å². The fourth-order valence-electron chi connectivity index (χ4n) is 4.26. The van der Waals surface area contributed by atoms with Crippen LogP contribution in [0.25, 0.3) is 0 Å². The normalized spacial score (nSPS) is 14.5. The average molecular weight is 475 g/mol. The summed E-state index contributed by atoms with van der Waals surface area (Å²) in [5.41, 5.74) is 2.79.